The number of hydrogen-bond donors (Lipinski definition) is 2. The largest absolute Gasteiger partial charge is 0.494 e. The Morgan fingerprint density at radius 3 is 1.90 bits per heavy atom. The fraction of sp³-hybridized carbons (Fsp3) is 0.515. The zero-order valence-electron chi connectivity index (χ0n) is 24.8. The maximum atomic E-state index is 12.4. The molecule has 2 rings (SSSR count). The van der Waals surface area contributed by atoms with Crippen LogP contribution in [0.1, 0.15) is 113 Å². The van der Waals surface area contributed by atoms with Gasteiger partial charge in [0.05, 0.1) is 24.9 Å². The van der Waals surface area contributed by atoms with E-state index in [2.05, 4.69) is 22.8 Å². The monoisotopic (exact) mass is 565 g/mol. The minimum absolute atomic E-state index is 0.116. The van der Waals surface area contributed by atoms with E-state index in [1.165, 1.54) is 57.6 Å². The highest BCUT2D eigenvalue weighted by Crippen LogP contribution is 2.17. The third-order valence-corrected chi connectivity index (χ3v) is 6.51. The van der Waals surface area contributed by atoms with Crippen molar-refractivity contribution in [3.8, 4) is 11.5 Å². The number of hydrogen-bond acceptors (Lipinski definition) is 6. The van der Waals surface area contributed by atoms with Crippen LogP contribution >= 0.6 is 0 Å². The molecule has 0 aliphatic carbocycles. The van der Waals surface area contributed by atoms with E-state index < -0.39 is 11.9 Å². The summed E-state index contributed by atoms with van der Waals surface area (Å²) in [4.78, 5) is 36.3. The van der Waals surface area contributed by atoms with Gasteiger partial charge >= 0.3 is 5.97 Å². The number of hydrazone groups is 1. The zero-order valence-corrected chi connectivity index (χ0v) is 24.8. The number of esters is 1. The van der Waals surface area contributed by atoms with Crippen molar-refractivity contribution in [3.63, 3.8) is 0 Å². The topological polar surface area (TPSA) is 106 Å². The lowest BCUT2D eigenvalue weighted by atomic mass is 10.1. The highest BCUT2D eigenvalue weighted by Gasteiger charge is 2.09. The zero-order chi connectivity index (χ0) is 29.5. The number of amides is 2. The Labute approximate surface area is 245 Å². The molecule has 0 aliphatic rings. The van der Waals surface area contributed by atoms with E-state index in [1.54, 1.807) is 48.5 Å². The second kappa shape index (κ2) is 21.1. The molecule has 0 spiro atoms. The van der Waals surface area contributed by atoms with E-state index in [1.807, 2.05) is 6.92 Å². The molecule has 0 saturated carbocycles. The molecule has 0 radical (unpaired) electrons. The van der Waals surface area contributed by atoms with E-state index in [0.717, 1.165) is 25.7 Å². The van der Waals surface area contributed by atoms with Gasteiger partial charge in [0.2, 0.25) is 5.91 Å². The van der Waals surface area contributed by atoms with Gasteiger partial charge in [-0.2, -0.15) is 5.10 Å². The molecular weight excluding hydrogens is 518 g/mol. The van der Waals surface area contributed by atoms with Gasteiger partial charge in [-0.1, -0.05) is 78.1 Å². The number of carbonyl (C=O) groups is 3. The van der Waals surface area contributed by atoms with Crippen molar-refractivity contribution in [2.75, 3.05) is 13.2 Å². The van der Waals surface area contributed by atoms with Gasteiger partial charge in [0, 0.05) is 6.42 Å². The summed E-state index contributed by atoms with van der Waals surface area (Å²) >= 11 is 0. The van der Waals surface area contributed by atoms with E-state index in [-0.39, 0.29) is 12.5 Å². The van der Waals surface area contributed by atoms with Crippen LogP contribution in [0.25, 0.3) is 0 Å². The fourth-order valence-electron chi connectivity index (χ4n) is 4.13. The van der Waals surface area contributed by atoms with Crippen LogP contribution in [-0.4, -0.2) is 37.1 Å². The van der Waals surface area contributed by atoms with Crippen molar-refractivity contribution in [3.05, 3.63) is 59.7 Å². The van der Waals surface area contributed by atoms with Crippen molar-refractivity contribution < 1.29 is 23.9 Å². The van der Waals surface area contributed by atoms with Gasteiger partial charge in [-0.3, -0.25) is 9.59 Å². The van der Waals surface area contributed by atoms with Gasteiger partial charge in [0.25, 0.3) is 5.91 Å². The molecule has 2 aromatic rings. The normalized spacial score (nSPS) is 10.9. The van der Waals surface area contributed by atoms with Crippen molar-refractivity contribution in [1.29, 1.82) is 0 Å². The summed E-state index contributed by atoms with van der Waals surface area (Å²) < 4.78 is 10.9. The molecule has 224 valence electrons. The van der Waals surface area contributed by atoms with Gasteiger partial charge in [-0.05, 0) is 66.9 Å². The summed E-state index contributed by atoms with van der Waals surface area (Å²) in [5.41, 5.74) is 3.54. The van der Waals surface area contributed by atoms with E-state index in [9.17, 15) is 14.4 Å². The van der Waals surface area contributed by atoms with Crippen LogP contribution in [0.3, 0.4) is 0 Å². The average molecular weight is 566 g/mol. The van der Waals surface area contributed by atoms with Crippen molar-refractivity contribution in [2.24, 2.45) is 5.10 Å². The molecular formula is C33H47N3O5. The number of rotatable bonds is 21. The van der Waals surface area contributed by atoms with Crippen LogP contribution in [0.5, 0.6) is 11.5 Å². The highest BCUT2D eigenvalue weighted by molar-refractivity contribution is 5.91. The lowest BCUT2D eigenvalue weighted by molar-refractivity contribution is -0.126. The number of carbonyl (C=O) groups excluding carboxylic acids is 3. The second-order valence-corrected chi connectivity index (χ2v) is 10.2. The first-order valence-electron chi connectivity index (χ1n) is 15.2. The highest BCUT2D eigenvalue weighted by atomic mass is 16.5. The maximum absolute atomic E-state index is 12.4. The van der Waals surface area contributed by atoms with Crippen LogP contribution in [-0.2, 0) is 9.59 Å². The summed E-state index contributed by atoms with van der Waals surface area (Å²) in [5.74, 6) is 0.117. The number of unbranched alkanes of at least 4 members (excludes halogenated alkanes) is 10. The van der Waals surface area contributed by atoms with Gasteiger partial charge in [0.1, 0.15) is 11.5 Å². The molecule has 41 heavy (non-hydrogen) atoms. The van der Waals surface area contributed by atoms with Crippen molar-refractivity contribution in [2.45, 2.75) is 97.3 Å². The van der Waals surface area contributed by atoms with Gasteiger partial charge in [0.15, 0.2) is 0 Å². The average Bonchev–Trinajstić information content (AvgIpc) is 2.99. The molecule has 2 aromatic carbocycles. The number of nitrogens with zero attached hydrogens (tertiary/aromatic N) is 1. The van der Waals surface area contributed by atoms with Crippen LogP contribution in [0, 0.1) is 0 Å². The van der Waals surface area contributed by atoms with Crippen LogP contribution < -0.4 is 20.2 Å². The van der Waals surface area contributed by atoms with Crippen LogP contribution in [0.4, 0.5) is 0 Å². The summed E-state index contributed by atoms with van der Waals surface area (Å²) in [6.07, 6.45) is 16.4. The van der Waals surface area contributed by atoms with Gasteiger partial charge in [-0.25, -0.2) is 10.2 Å². The summed E-state index contributed by atoms with van der Waals surface area (Å²) in [7, 11) is 0. The predicted octanol–water partition coefficient (Wildman–Crippen LogP) is 6.96. The summed E-state index contributed by atoms with van der Waals surface area (Å²) in [6.45, 7) is 4.78. The molecule has 0 heterocycles. The Morgan fingerprint density at radius 1 is 0.707 bits per heavy atom. The molecule has 0 bridgehead atoms. The lowest BCUT2D eigenvalue weighted by Gasteiger charge is -2.07. The number of ether oxygens (including phenoxy) is 2. The quantitative estimate of drug-likeness (QED) is 0.0559. The van der Waals surface area contributed by atoms with Crippen LogP contribution in [0.2, 0.25) is 0 Å². The molecule has 8 nitrogen and oxygen atoms in total. The Morgan fingerprint density at radius 2 is 1.29 bits per heavy atom. The predicted molar refractivity (Wildman–Crippen MR) is 163 cm³/mol. The van der Waals surface area contributed by atoms with Crippen molar-refractivity contribution >= 4 is 24.0 Å². The third-order valence-electron chi connectivity index (χ3n) is 6.51. The Kier molecular flexibility index (Phi) is 17.3. The van der Waals surface area contributed by atoms with Gasteiger partial charge in [-0.15, -0.1) is 0 Å². The van der Waals surface area contributed by atoms with E-state index in [4.69, 9.17) is 9.47 Å². The first kappa shape index (κ1) is 33.5. The first-order valence-corrected chi connectivity index (χ1v) is 15.2. The third kappa shape index (κ3) is 15.6. The van der Waals surface area contributed by atoms with E-state index in [0.29, 0.717) is 35.7 Å². The molecule has 0 unspecified atom stereocenters. The number of nitrogens with one attached hydrogen (secondary N) is 2. The molecule has 0 aromatic heterocycles. The lowest BCUT2D eigenvalue weighted by Crippen LogP contribution is -2.34. The molecule has 8 heteroatoms. The Bertz CT molecular complexity index is 1050. The van der Waals surface area contributed by atoms with E-state index >= 15 is 0 Å². The molecule has 2 amide bonds. The summed E-state index contributed by atoms with van der Waals surface area (Å²) in [6, 6.07) is 13.5. The fourth-order valence-corrected chi connectivity index (χ4v) is 4.13. The standard InChI is InChI=1S/C33H47N3O5/c1-3-5-6-7-8-9-10-11-12-13-14-15-31(37)34-26-32(38)36-35-25-27-16-20-30(21-17-27)41-33(39)28-18-22-29(23-19-28)40-24-4-2/h16-23,25H,3-15,24,26H2,1-2H3,(H,34,37)(H,36,38). The SMILES string of the molecule is CCCCCCCCCCCCCC(=O)NCC(=O)NN=Cc1ccc(OC(=O)c2ccc(OCCC)cc2)cc1. The molecule has 0 saturated heterocycles. The maximum Gasteiger partial charge on any atom is 0.343 e. The second-order valence-electron chi connectivity index (χ2n) is 10.2. The van der Waals surface area contributed by atoms with Crippen molar-refractivity contribution in [1.82, 2.24) is 10.7 Å². The molecule has 2 N–H and O–H groups in total. The Balaban J connectivity index is 1.56. The molecule has 0 aliphatic heterocycles. The minimum atomic E-state index is -0.466. The van der Waals surface area contributed by atoms with Gasteiger partial charge < -0.3 is 14.8 Å². The molecule has 0 atom stereocenters. The first-order chi connectivity index (χ1) is 20.0. The smallest absolute Gasteiger partial charge is 0.343 e. The number of benzene rings is 2. The molecule has 0 fully saturated rings. The summed E-state index contributed by atoms with van der Waals surface area (Å²) in [5, 5.41) is 6.56. The van der Waals surface area contributed by atoms with Crippen LogP contribution in [0.15, 0.2) is 53.6 Å². The minimum Gasteiger partial charge on any atom is -0.494 e. The Hall–Kier alpha value is -3.68.